The summed E-state index contributed by atoms with van der Waals surface area (Å²) in [4.78, 5) is 29.5. The highest BCUT2D eigenvalue weighted by Crippen LogP contribution is 2.25. The van der Waals surface area contributed by atoms with Gasteiger partial charge in [0.1, 0.15) is 18.1 Å². The molecule has 19 heavy (non-hydrogen) atoms. The molecule has 2 heterocycles. The summed E-state index contributed by atoms with van der Waals surface area (Å²) in [5.74, 6) is -0.667. The Balaban J connectivity index is 2.35. The monoisotopic (exact) mass is 266 g/mol. The number of carbonyl (C=O) groups excluding carboxylic acids is 1. The number of aromatic amines is 1. The molecule has 1 aliphatic rings. The molecule has 0 saturated carbocycles. The van der Waals surface area contributed by atoms with Crippen LogP contribution < -0.4 is 5.56 Å². The van der Waals surface area contributed by atoms with Crippen molar-refractivity contribution in [3.63, 3.8) is 0 Å². The van der Waals surface area contributed by atoms with Gasteiger partial charge in [-0.2, -0.15) is 0 Å². The fourth-order valence-electron chi connectivity index (χ4n) is 1.65. The van der Waals surface area contributed by atoms with E-state index in [-0.39, 0.29) is 30.6 Å². The average Bonchev–Trinajstić information content (AvgIpc) is 2.77. The van der Waals surface area contributed by atoms with Gasteiger partial charge >= 0.3 is 5.97 Å². The number of hydrogen-bond acceptors (Lipinski definition) is 6. The Hall–Kier alpha value is -2.31. The number of aromatic hydroxyl groups is 1. The standard InChI is InChI=1S/C12H14N2O5/c1-3-18-11(17)12(2)6-19-10(14-12)9-7(15)4-5-8(16)13-9/h4-5,15H,3,6H2,1-2H3,(H,13,16)/t12-/m1/s1. The fourth-order valence-corrected chi connectivity index (χ4v) is 1.65. The number of esters is 1. The van der Waals surface area contributed by atoms with Gasteiger partial charge in [-0.3, -0.25) is 4.79 Å². The third kappa shape index (κ3) is 2.44. The van der Waals surface area contributed by atoms with Gasteiger partial charge in [-0.05, 0) is 19.9 Å². The third-order valence-electron chi connectivity index (χ3n) is 2.66. The maximum atomic E-state index is 11.8. The number of carbonyl (C=O) groups is 1. The Morgan fingerprint density at radius 1 is 1.63 bits per heavy atom. The molecule has 1 aromatic heterocycles. The normalized spacial score (nSPS) is 21.7. The lowest BCUT2D eigenvalue weighted by atomic mass is 10.1. The molecule has 0 unspecified atom stereocenters. The van der Waals surface area contributed by atoms with Gasteiger partial charge in [-0.1, -0.05) is 0 Å². The largest absolute Gasteiger partial charge is 0.506 e. The molecule has 0 aromatic carbocycles. The van der Waals surface area contributed by atoms with Gasteiger partial charge in [-0.15, -0.1) is 0 Å². The molecule has 1 aromatic rings. The minimum atomic E-state index is -1.16. The van der Waals surface area contributed by atoms with E-state index in [2.05, 4.69) is 9.98 Å². The van der Waals surface area contributed by atoms with Crippen molar-refractivity contribution in [2.45, 2.75) is 19.4 Å². The molecule has 0 amide bonds. The van der Waals surface area contributed by atoms with E-state index in [0.29, 0.717) is 0 Å². The SMILES string of the molecule is CCOC(=O)[C@@]1(C)COC(c2[nH]c(=O)ccc2O)=N1. The number of ether oxygens (including phenoxy) is 2. The minimum absolute atomic E-state index is 0.00245. The Kier molecular flexibility index (Phi) is 3.28. The quantitative estimate of drug-likeness (QED) is 0.760. The summed E-state index contributed by atoms with van der Waals surface area (Å²) in [5, 5.41) is 9.66. The van der Waals surface area contributed by atoms with Crippen LogP contribution in [0.1, 0.15) is 19.5 Å². The van der Waals surface area contributed by atoms with E-state index in [1.165, 1.54) is 12.1 Å². The summed E-state index contributed by atoms with van der Waals surface area (Å²) >= 11 is 0. The highest BCUT2D eigenvalue weighted by Gasteiger charge is 2.41. The summed E-state index contributed by atoms with van der Waals surface area (Å²) in [6.07, 6.45) is 0. The predicted molar refractivity (Wildman–Crippen MR) is 66.3 cm³/mol. The van der Waals surface area contributed by atoms with E-state index in [4.69, 9.17) is 9.47 Å². The van der Waals surface area contributed by atoms with Crippen LogP contribution in [-0.4, -0.2) is 40.7 Å². The van der Waals surface area contributed by atoms with Crippen LogP contribution in [0.3, 0.4) is 0 Å². The maximum absolute atomic E-state index is 11.8. The number of rotatable bonds is 3. The van der Waals surface area contributed by atoms with Crippen molar-refractivity contribution < 1.29 is 19.4 Å². The first-order valence-corrected chi connectivity index (χ1v) is 5.79. The maximum Gasteiger partial charge on any atom is 0.337 e. The summed E-state index contributed by atoms with van der Waals surface area (Å²) in [6.45, 7) is 3.50. The van der Waals surface area contributed by atoms with E-state index in [9.17, 15) is 14.7 Å². The molecular weight excluding hydrogens is 252 g/mol. The van der Waals surface area contributed by atoms with E-state index in [0.717, 1.165) is 0 Å². The number of hydrogen-bond donors (Lipinski definition) is 2. The lowest BCUT2D eigenvalue weighted by Gasteiger charge is -2.15. The summed E-state index contributed by atoms with van der Waals surface area (Å²) in [6, 6.07) is 2.42. The number of H-pyrrole nitrogens is 1. The number of pyridine rings is 1. The van der Waals surface area contributed by atoms with Crippen LogP contribution in [-0.2, 0) is 14.3 Å². The van der Waals surface area contributed by atoms with Crippen LogP contribution >= 0.6 is 0 Å². The van der Waals surface area contributed by atoms with Gasteiger partial charge in [0.2, 0.25) is 11.5 Å². The molecule has 1 aliphatic heterocycles. The predicted octanol–water partition coefficient (Wildman–Crippen LogP) is 0.179. The number of nitrogens with one attached hydrogen (secondary N) is 1. The first-order chi connectivity index (χ1) is 8.96. The molecule has 102 valence electrons. The van der Waals surface area contributed by atoms with Gasteiger partial charge in [0, 0.05) is 6.07 Å². The highest BCUT2D eigenvalue weighted by atomic mass is 16.5. The van der Waals surface area contributed by atoms with Crippen molar-refractivity contribution in [1.29, 1.82) is 0 Å². The first kappa shape index (κ1) is 13.1. The van der Waals surface area contributed by atoms with Crippen LogP contribution in [0.5, 0.6) is 5.75 Å². The molecule has 0 fully saturated rings. The molecule has 0 saturated heterocycles. The zero-order valence-corrected chi connectivity index (χ0v) is 10.6. The molecule has 0 bridgehead atoms. The molecule has 1 atom stereocenters. The van der Waals surface area contributed by atoms with Crippen molar-refractivity contribution in [3.8, 4) is 5.75 Å². The zero-order valence-electron chi connectivity index (χ0n) is 10.6. The minimum Gasteiger partial charge on any atom is -0.506 e. The van der Waals surface area contributed by atoms with Crippen molar-refractivity contribution in [2.24, 2.45) is 4.99 Å². The third-order valence-corrected chi connectivity index (χ3v) is 2.66. The lowest BCUT2D eigenvalue weighted by Crippen LogP contribution is -2.36. The molecule has 7 nitrogen and oxygen atoms in total. The lowest BCUT2D eigenvalue weighted by molar-refractivity contribution is -0.149. The smallest absolute Gasteiger partial charge is 0.337 e. The molecule has 0 spiro atoms. The van der Waals surface area contributed by atoms with Gasteiger partial charge in [0.05, 0.1) is 6.61 Å². The van der Waals surface area contributed by atoms with Crippen LogP contribution in [0, 0.1) is 0 Å². The summed E-state index contributed by atoms with van der Waals surface area (Å²) in [5.41, 5.74) is -1.51. The second kappa shape index (κ2) is 4.75. The van der Waals surface area contributed by atoms with Crippen LogP contribution in [0.4, 0.5) is 0 Å². The number of aliphatic imine (C=N–C) groups is 1. The van der Waals surface area contributed by atoms with Gasteiger partial charge in [-0.25, -0.2) is 9.79 Å². The second-order valence-electron chi connectivity index (χ2n) is 4.28. The molecular formula is C12H14N2O5. The Morgan fingerprint density at radius 2 is 2.37 bits per heavy atom. The van der Waals surface area contributed by atoms with Gasteiger partial charge < -0.3 is 19.6 Å². The van der Waals surface area contributed by atoms with Crippen molar-refractivity contribution in [1.82, 2.24) is 4.98 Å². The Bertz CT molecular complexity index is 592. The zero-order chi connectivity index (χ0) is 14.0. The van der Waals surface area contributed by atoms with Crippen molar-refractivity contribution in [3.05, 3.63) is 28.2 Å². The van der Waals surface area contributed by atoms with E-state index >= 15 is 0 Å². The molecule has 2 rings (SSSR count). The van der Waals surface area contributed by atoms with Crippen molar-refractivity contribution >= 4 is 11.9 Å². The molecule has 7 heteroatoms. The van der Waals surface area contributed by atoms with E-state index in [1.54, 1.807) is 13.8 Å². The Labute approximate surface area is 108 Å². The molecule has 0 aliphatic carbocycles. The molecule has 2 N–H and O–H groups in total. The van der Waals surface area contributed by atoms with Crippen molar-refractivity contribution in [2.75, 3.05) is 13.2 Å². The second-order valence-corrected chi connectivity index (χ2v) is 4.28. The number of nitrogens with zero attached hydrogens (tertiary/aromatic N) is 1. The molecule has 0 radical (unpaired) electrons. The van der Waals surface area contributed by atoms with Crippen LogP contribution in [0.2, 0.25) is 0 Å². The topological polar surface area (TPSA) is 101 Å². The number of aromatic nitrogens is 1. The highest BCUT2D eigenvalue weighted by molar-refractivity contribution is 5.99. The van der Waals surface area contributed by atoms with E-state index in [1.807, 2.05) is 0 Å². The van der Waals surface area contributed by atoms with Crippen LogP contribution in [0.25, 0.3) is 0 Å². The van der Waals surface area contributed by atoms with Gasteiger partial charge in [0.15, 0.2) is 5.54 Å². The average molecular weight is 266 g/mol. The van der Waals surface area contributed by atoms with Crippen LogP contribution in [0.15, 0.2) is 21.9 Å². The Morgan fingerprint density at radius 3 is 3.05 bits per heavy atom. The summed E-state index contributed by atoms with van der Waals surface area (Å²) < 4.78 is 10.2. The fraction of sp³-hybridized carbons (Fsp3) is 0.417. The van der Waals surface area contributed by atoms with Gasteiger partial charge in [0.25, 0.3) is 0 Å². The van der Waals surface area contributed by atoms with E-state index < -0.39 is 17.1 Å². The first-order valence-electron chi connectivity index (χ1n) is 5.79. The summed E-state index contributed by atoms with van der Waals surface area (Å²) in [7, 11) is 0.